The van der Waals surface area contributed by atoms with Gasteiger partial charge in [-0.15, -0.1) is 0 Å². The normalized spacial score (nSPS) is 11.1. The lowest BCUT2D eigenvalue weighted by molar-refractivity contribution is 0.531. The first-order chi connectivity index (χ1) is 6.27. The van der Waals surface area contributed by atoms with Crippen molar-refractivity contribution in [3.05, 3.63) is 0 Å². The molecule has 0 fully saturated rings. The topological polar surface area (TPSA) is 12.0 Å². The number of hydrogen-bond acceptors (Lipinski definition) is 1. The molecule has 0 amide bonds. The second-order valence-corrected chi connectivity index (χ2v) is 4.23. The van der Waals surface area contributed by atoms with Crippen LogP contribution in [0.5, 0.6) is 0 Å². The molecule has 0 radical (unpaired) electrons. The lowest BCUT2D eigenvalue weighted by Crippen LogP contribution is -2.23. The zero-order chi connectivity index (χ0) is 9.94. The van der Waals surface area contributed by atoms with Crippen LogP contribution in [0.4, 0.5) is 0 Å². The van der Waals surface area contributed by atoms with Gasteiger partial charge in [-0.3, -0.25) is 0 Å². The van der Waals surface area contributed by atoms with E-state index in [-0.39, 0.29) is 0 Å². The molecule has 0 aromatic heterocycles. The van der Waals surface area contributed by atoms with Gasteiger partial charge < -0.3 is 5.32 Å². The van der Waals surface area contributed by atoms with Gasteiger partial charge in [-0.25, -0.2) is 0 Å². The fourth-order valence-corrected chi connectivity index (χ4v) is 1.47. The molecular weight excluding hydrogens is 158 g/mol. The zero-order valence-corrected chi connectivity index (χ0v) is 9.73. The van der Waals surface area contributed by atoms with E-state index in [1.54, 1.807) is 0 Å². The first-order valence-corrected chi connectivity index (χ1v) is 6.00. The fraction of sp³-hybridized carbons (Fsp3) is 1.00. The van der Waals surface area contributed by atoms with Crippen molar-refractivity contribution >= 4 is 0 Å². The zero-order valence-electron chi connectivity index (χ0n) is 9.73. The van der Waals surface area contributed by atoms with Crippen LogP contribution in [0.2, 0.25) is 0 Å². The average molecular weight is 185 g/mol. The molecule has 0 aromatic carbocycles. The number of hydrogen-bond donors (Lipinski definition) is 1. The Morgan fingerprint density at radius 3 is 1.92 bits per heavy atom. The molecule has 0 rings (SSSR count). The highest BCUT2D eigenvalue weighted by Gasteiger charge is 1.92. The molecule has 0 aromatic rings. The average Bonchev–Trinajstić information content (AvgIpc) is 2.09. The Kier molecular flexibility index (Phi) is 10.0. The molecule has 0 unspecified atom stereocenters. The monoisotopic (exact) mass is 185 g/mol. The third kappa shape index (κ3) is 12.0. The molecule has 1 N–H and O–H groups in total. The van der Waals surface area contributed by atoms with Gasteiger partial charge in [0.2, 0.25) is 0 Å². The summed E-state index contributed by atoms with van der Waals surface area (Å²) in [5.41, 5.74) is 0. The molecule has 80 valence electrons. The minimum Gasteiger partial charge on any atom is -0.315 e. The molecule has 0 atom stereocenters. The summed E-state index contributed by atoms with van der Waals surface area (Å²) < 4.78 is 0. The predicted octanol–water partition coefficient (Wildman–Crippen LogP) is 3.74. The predicted molar refractivity (Wildman–Crippen MR) is 61.1 cm³/mol. The smallest absolute Gasteiger partial charge is 0.00103 e. The molecule has 1 heteroatoms. The number of unbranched alkanes of at least 4 members (excludes halogenated alkanes) is 6. The Balaban J connectivity index is 2.84. The van der Waals surface area contributed by atoms with E-state index in [1.165, 1.54) is 51.5 Å². The van der Waals surface area contributed by atoms with Crippen molar-refractivity contribution in [3.8, 4) is 0 Å². The van der Waals surface area contributed by atoms with Crippen LogP contribution in [0, 0.1) is 0 Å². The summed E-state index contributed by atoms with van der Waals surface area (Å²) in [6.45, 7) is 7.89. The van der Waals surface area contributed by atoms with Gasteiger partial charge in [0.15, 0.2) is 0 Å². The molecule has 0 aliphatic rings. The van der Waals surface area contributed by atoms with Crippen molar-refractivity contribution in [1.82, 2.24) is 5.32 Å². The molecule has 0 heterocycles. The van der Waals surface area contributed by atoms with Gasteiger partial charge in [0.05, 0.1) is 0 Å². The highest BCUT2D eigenvalue weighted by Crippen LogP contribution is 2.06. The van der Waals surface area contributed by atoms with Crippen LogP contribution in [-0.4, -0.2) is 12.6 Å². The van der Waals surface area contributed by atoms with E-state index >= 15 is 0 Å². The van der Waals surface area contributed by atoms with Crippen molar-refractivity contribution in [2.24, 2.45) is 0 Å². The number of rotatable bonds is 9. The standard InChI is InChI=1S/C12H27N/c1-4-5-6-7-8-9-10-11-13-12(2)3/h12-13H,4-11H2,1-3H3. The van der Waals surface area contributed by atoms with Crippen molar-refractivity contribution in [2.45, 2.75) is 71.8 Å². The highest BCUT2D eigenvalue weighted by molar-refractivity contribution is 4.53. The summed E-state index contributed by atoms with van der Waals surface area (Å²) in [4.78, 5) is 0. The van der Waals surface area contributed by atoms with E-state index in [2.05, 4.69) is 26.1 Å². The Morgan fingerprint density at radius 2 is 1.38 bits per heavy atom. The quantitative estimate of drug-likeness (QED) is 0.540. The second kappa shape index (κ2) is 10.0. The summed E-state index contributed by atoms with van der Waals surface area (Å²) in [6.07, 6.45) is 9.84. The van der Waals surface area contributed by atoms with E-state index in [0.29, 0.717) is 6.04 Å². The van der Waals surface area contributed by atoms with E-state index < -0.39 is 0 Å². The lowest BCUT2D eigenvalue weighted by Gasteiger charge is -2.07. The van der Waals surface area contributed by atoms with Gasteiger partial charge in [-0.1, -0.05) is 59.3 Å². The van der Waals surface area contributed by atoms with Gasteiger partial charge in [0.1, 0.15) is 0 Å². The van der Waals surface area contributed by atoms with Gasteiger partial charge in [-0.05, 0) is 13.0 Å². The second-order valence-electron chi connectivity index (χ2n) is 4.23. The van der Waals surface area contributed by atoms with Crippen LogP contribution in [-0.2, 0) is 0 Å². The van der Waals surface area contributed by atoms with E-state index in [0.717, 1.165) is 0 Å². The Labute approximate surface area is 84.3 Å². The Morgan fingerprint density at radius 1 is 0.846 bits per heavy atom. The largest absolute Gasteiger partial charge is 0.315 e. The van der Waals surface area contributed by atoms with E-state index in [9.17, 15) is 0 Å². The molecule has 0 aliphatic heterocycles. The Hall–Kier alpha value is -0.0400. The Bertz CT molecular complexity index is 89.1. The SMILES string of the molecule is CCCCCCCCCNC(C)C. The molecule has 0 saturated carbocycles. The maximum Gasteiger partial charge on any atom is 0.00103 e. The minimum absolute atomic E-state index is 0.653. The molecule has 0 saturated heterocycles. The maximum atomic E-state index is 3.45. The third-order valence-electron chi connectivity index (χ3n) is 2.33. The van der Waals surface area contributed by atoms with Crippen molar-refractivity contribution in [1.29, 1.82) is 0 Å². The minimum atomic E-state index is 0.653. The van der Waals surface area contributed by atoms with Gasteiger partial charge >= 0.3 is 0 Å². The van der Waals surface area contributed by atoms with Crippen LogP contribution in [0.25, 0.3) is 0 Å². The summed E-state index contributed by atoms with van der Waals surface area (Å²) in [7, 11) is 0. The first kappa shape index (κ1) is 13.0. The van der Waals surface area contributed by atoms with Crippen LogP contribution in [0.3, 0.4) is 0 Å². The molecule has 0 aliphatic carbocycles. The van der Waals surface area contributed by atoms with Crippen molar-refractivity contribution in [3.63, 3.8) is 0 Å². The molecule has 13 heavy (non-hydrogen) atoms. The van der Waals surface area contributed by atoms with Gasteiger partial charge in [-0.2, -0.15) is 0 Å². The third-order valence-corrected chi connectivity index (χ3v) is 2.33. The van der Waals surface area contributed by atoms with Crippen molar-refractivity contribution in [2.75, 3.05) is 6.54 Å². The molecule has 0 spiro atoms. The molecule has 0 bridgehead atoms. The summed E-state index contributed by atoms with van der Waals surface area (Å²) in [6, 6.07) is 0.653. The lowest BCUT2D eigenvalue weighted by atomic mass is 10.1. The number of nitrogens with one attached hydrogen (secondary N) is 1. The van der Waals surface area contributed by atoms with Gasteiger partial charge in [0.25, 0.3) is 0 Å². The van der Waals surface area contributed by atoms with Crippen LogP contribution >= 0.6 is 0 Å². The van der Waals surface area contributed by atoms with Crippen LogP contribution < -0.4 is 5.32 Å². The van der Waals surface area contributed by atoms with Crippen LogP contribution in [0.15, 0.2) is 0 Å². The highest BCUT2D eigenvalue weighted by atomic mass is 14.9. The van der Waals surface area contributed by atoms with Crippen molar-refractivity contribution < 1.29 is 0 Å². The maximum absolute atomic E-state index is 3.45. The van der Waals surface area contributed by atoms with Crippen LogP contribution in [0.1, 0.15) is 65.7 Å². The summed E-state index contributed by atoms with van der Waals surface area (Å²) in [5, 5.41) is 3.45. The van der Waals surface area contributed by atoms with E-state index in [1.807, 2.05) is 0 Å². The summed E-state index contributed by atoms with van der Waals surface area (Å²) in [5.74, 6) is 0. The summed E-state index contributed by atoms with van der Waals surface area (Å²) >= 11 is 0. The van der Waals surface area contributed by atoms with Gasteiger partial charge in [0, 0.05) is 6.04 Å². The first-order valence-electron chi connectivity index (χ1n) is 6.00. The van der Waals surface area contributed by atoms with E-state index in [4.69, 9.17) is 0 Å². The molecular formula is C12H27N. The fourth-order valence-electron chi connectivity index (χ4n) is 1.47. The molecule has 1 nitrogen and oxygen atoms in total.